The molecule has 1 rings (SSSR count). The fourth-order valence-electron chi connectivity index (χ4n) is 0.446. The number of aromatic carboxylic acids is 1. The van der Waals surface area contributed by atoms with Gasteiger partial charge in [0.25, 0.3) is 0 Å². The molecular weight excluding hydrogens is 228 g/mol. The van der Waals surface area contributed by atoms with Gasteiger partial charge in [-0.05, 0) is 27.4 Å². The third-order valence-corrected chi connectivity index (χ3v) is 2.54. The van der Waals surface area contributed by atoms with Crippen LogP contribution in [0.15, 0.2) is 15.2 Å². The smallest absolute Gasteiger partial charge is 0.337 e. The normalized spacial score (nSPS) is 8.27. The lowest BCUT2D eigenvalue weighted by Gasteiger charge is -1.84. The Morgan fingerprint density at radius 3 is 2.36 bits per heavy atom. The first kappa shape index (κ1) is 10.7. The van der Waals surface area contributed by atoms with Crippen molar-refractivity contribution < 1.29 is 9.90 Å². The number of rotatable bonds is 1. The molecule has 1 N–H and O–H groups in total. The van der Waals surface area contributed by atoms with Crippen LogP contribution in [-0.4, -0.2) is 11.1 Å². The maximum absolute atomic E-state index is 10.3. The third kappa shape index (κ3) is 3.03. The molecule has 4 heteroatoms. The second-order valence-electron chi connectivity index (χ2n) is 1.41. The third-order valence-electron chi connectivity index (χ3n) is 0.848. The summed E-state index contributed by atoms with van der Waals surface area (Å²) in [6.07, 6.45) is 0. The van der Waals surface area contributed by atoms with Crippen LogP contribution in [0.3, 0.4) is 0 Å². The van der Waals surface area contributed by atoms with Gasteiger partial charge in [-0.3, -0.25) is 0 Å². The van der Waals surface area contributed by atoms with Crippen molar-refractivity contribution in [2.24, 2.45) is 0 Å². The van der Waals surface area contributed by atoms with Gasteiger partial charge in [-0.2, -0.15) is 0 Å². The molecule has 0 radical (unpaired) electrons. The van der Waals surface area contributed by atoms with E-state index in [2.05, 4.69) is 15.9 Å². The molecule has 1 heterocycles. The number of carboxylic acid groups (broad SMARTS) is 1. The van der Waals surface area contributed by atoms with Gasteiger partial charge in [-0.1, -0.05) is 13.8 Å². The Morgan fingerprint density at radius 1 is 1.64 bits per heavy atom. The van der Waals surface area contributed by atoms with Crippen molar-refractivity contribution in [2.75, 3.05) is 0 Å². The van der Waals surface area contributed by atoms with E-state index >= 15 is 0 Å². The highest BCUT2D eigenvalue weighted by atomic mass is 79.9. The first-order chi connectivity index (χ1) is 5.22. The van der Waals surface area contributed by atoms with E-state index in [1.807, 2.05) is 13.8 Å². The molecule has 0 aliphatic carbocycles. The lowest BCUT2D eigenvalue weighted by atomic mass is 10.4. The molecule has 0 amide bonds. The van der Waals surface area contributed by atoms with Crippen LogP contribution in [0.4, 0.5) is 0 Å². The van der Waals surface area contributed by atoms with Crippen molar-refractivity contribution in [3.8, 4) is 0 Å². The quantitative estimate of drug-likeness (QED) is 0.814. The van der Waals surface area contributed by atoms with Gasteiger partial charge in [0.2, 0.25) is 0 Å². The fourth-order valence-corrected chi connectivity index (χ4v) is 1.68. The van der Waals surface area contributed by atoms with Crippen LogP contribution in [0.1, 0.15) is 24.2 Å². The van der Waals surface area contributed by atoms with E-state index in [1.54, 1.807) is 11.4 Å². The molecule has 1 aromatic heterocycles. The lowest BCUT2D eigenvalue weighted by Crippen LogP contribution is -1.92. The number of halogens is 1. The fraction of sp³-hybridized carbons (Fsp3) is 0.286. The van der Waals surface area contributed by atoms with Crippen LogP contribution in [0.5, 0.6) is 0 Å². The van der Waals surface area contributed by atoms with Crippen molar-refractivity contribution in [3.63, 3.8) is 0 Å². The van der Waals surface area contributed by atoms with E-state index in [-0.39, 0.29) is 0 Å². The average Bonchev–Trinajstić information content (AvgIpc) is 2.39. The van der Waals surface area contributed by atoms with Gasteiger partial charge < -0.3 is 5.11 Å². The number of carbonyl (C=O) groups is 1. The Hall–Kier alpha value is -0.350. The van der Waals surface area contributed by atoms with E-state index in [0.717, 1.165) is 0 Å². The second kappa shape index (κ2) is 5.32. The molecule has 0 aromatic carbocycles. The summed E-state index contributed by atoms with van der Waals surface area (Å²) in [6, 6.07) is 1.57. The maximum Gasteiger partial charge on any atom is 0.337 e. The van der Waals surface area contributed by atoms with Gasteiger partial charge in [-0.15, -0.1) is 11.3 Å². The molecular formula is C7H9BrO2S. The maximum atomic E-state index is 10.3. The average molecular weight is 237 g/mol. The van der Waals surface area contributed by atoms with Gasteiger partial charge in [0.1, 0.15) is 0 Å². The van der Waals surface area contributed by atoms with Crippen molar-refractivity contribution in [2.45, 2.75) is 13.8 Å². The van der Waals surface area contributed by atoms with E-state index in [1.165, 1.54) is 11.3 Å². The zero-order valence-corrected chi connectivity index (χ0v) is 8.70. The highest BCUT2D eigenvalue weighted by molar-refractivity contribution is 9.11. The van der Waals surface area contributed by atoms with Gasteiger partial charge in [0, 0.05) is 0 Å². The molecule has 0 bridgehead atoms. The molecule has 0 atom stereocenters. The Kier molecular flexibility index (Phi) is 5.15. The molecule has 0 aliphatic heterocycles. The Labute approximate surface area is 78.0 Å². The standard InChI is InChI=1S/C5H3BrO2S.C2H6/c6-4-3(5(7)8)1-2-9-4;1-2/h1-2H,(H,7,8);1-2H3. The Bertz CT molecular complexity index is 232. The number of hydrogen-bond acceptors (Lipinski definition) is 2. The van der Waals surface area contributed by atoms with Crippen LogP contribution in [0.2, 0.25) is 0 Å². The van der Waals surface area contributed by atoms with Gasteiger partial charge in [-0.25, -0.2) is 4.79 Å². The first-order valence-corrected chi connectivity index (χ1v) is 4.85. The number of thiophene rings is 1. The van der Waals surface area contributed by atoms with E-state index < -0.39 is 5.97 Å². The summed E-state index contributed by atoms with van der Waals surface area (Å²) in [6.45, 7) is 4.00. The van der Waals surface area contributed by atoms with Crippen LogP contribution < -0.4 is 0 Å². The van der Waals surface area contributed by atoms with Crippen LogP contribution in [0.25, 0.3) is 0 Å². The van der Waals surface area contributed by atoms with E-state index in [9.17, 15) is 4.79 Å². The van der Waals surface area contributed by atoms with Crippen molar-refractivity contribution in [1.29, 1.82) is 0 Å². The highest BCUT2D eigenvalue weighted by Crippen LogP contribution is 2.22. The zero-order valence-electron chi connectivity index (χ0n) is 6.30. The zero-order chi connectivity index (χ0) is 8.85. The van der Waals surface area contributed by atoms with Crippen molar-refractivity contribution in [3.05, 3.63) is 20.8 Å². The molecule has 0 fully saturated rings. The second-order valence-corrected chi connectivity index (χ2v) is 3.65. The van der Waals surface area contributed by atoms with Crippen LogP contribution in [0, 0.1) is 0 Å². The predicted molar refractivity (Wildman–Crippen MR) is 50.3 cm³/mol. The molecule has 2 nitrogen and oxygen atoms in total. The summed E-state index contributed by atoms with van der Waals surface area (Å²) in [4.78, 5) is 10.3. The molecule has 62 valence electrons. The molecule has 1 aromatic rings. The van der Waals surface area contributed by atoms with Crippen LogP contribution in [-0.2, 0) is 0 Å². The predicted octanol–water partition coefficient (Wildman–Crippen LogP) is 3.24. The first-order valence-electron chi connectivity index (χ1n) is 3.18. The van der Waals surface area contributed by atoms with Crippen molar-refractivity contribution >= 4 is 33.2 Å². The molecule has 0 saturated heterocycles. The lowest BCUT2D eigenvalue weighted by molar-refractivity contribution is 0.0696. The summed E-state index contributed by atoms with van der Waals surface area (Å²) in [5.74, 6) is -0.886. The SMILES string of the molecule is CC.O=C(O)c1ccsc1Br. The topological polar surface area (TPSA) is 37.3 Å². The summed E-state index contributed by atoms with van der Waals surface area (Å²) in [5.41, 5.74) is 0.333. The molecule has 0 aliphatic rings. The summed E-state index contributed by atoms with van der Waals surface area (Å²) >= 11 is 4.47. The highest BCUT2D eigenvalue weighted by Gasteiger charge is 2.06. The largest absolute Gasteiger partial charge is 0.478 e. The minimum atomic E-state index is -0.886. The summed E-state index contributed by atoms with van der Waals surface area (Å²) in [5, 5.41) is 10.2. The van der Waals surface area contributed by atoms with Crippen LogP contribution >= 0.6 is 27.3 Å². The summed E-state index contributed by atoms with van der Waals surface area (Å²) < 4.78 is 0.676. The van der Waals surface area contributed by atoms with Gasteiger partial charge in [0.05, 0.1) is 9.35 Å². The molecule has 0 unspecified atom stereocenters. The Balaban J connectivity index is 0.000000461. The van der Waals surface area contributed by atoms with E-state index in [0.29, 0.717) is 9.35 Å². The molecule has 0 spiro atoms. The monoisotopic (exact) mass is 236 g/mol. The summed E-state index contributed by atoms with van der Waals surface area (Å²) in [7, 11) is 0. The van der Waals surface area contributed by atoms with E-state index in [4.69, 9.17) is 5.11 Å². The molecule has 0 saturated carbocycles. The Morgan fingerprint density at radius 2 is 2.18 bits per heavy atom. The van der Waals surface area contributed by atoms with Gasteiger partial charge >= 0.3 is 5.97 Å². The minimum absolute atomic E-state index is 0.333. The number of carboxylic acids is 1. The molecule has 11 heavy (non-hydrogen) atoms. The van der Waals surface area contributed by atoms with Gasteiger partial charge in [0.15, 0.2) is 0 Å². The number of hydrogen-bond donors (Lipinski definition) is 1. The minimum Gasteiger partial charge on any atom is -0.478 e. The van der Waals surface area contributed by atoms with Crippen molar-refractivity contribution in [1.82, 2.24) is 0 Å².